The lowest BCUT2D eigenvalue weighted by atomic mass is 10.2. The molecule has 1 aromatic carbocycles. The molecule has 0 radical (unpaired) electrons. The molecular weight excluding hydrogens is 232 g/mol. The van der Waals surface area contributed by atoms with Crippen molar-refractivity contribution in [2.75, 3.05) is 19.3 Å². The Kier molecular flexibility index (Phi) is 6.08. The van der Waals surface area contributed by atoms with E-state index in [1.165, 1.54) is 0 Å². The Morgan fingerprint density at radius 2 is 2.06 bits per heavy atom. The van der Waals surface area contributed by atoms with E-state index in [-0.39, 0.29) is 5.91 Å². The van der Waals surface area contributed by atoms with Gasteiger partial charge in [0, 0.05) is 25.4 Å². The Labute approximate surface area is 107 Å². The fraction of sp³-hybridized carbons (Fsp3) is 0.462. The zero-order chi connectivity index (χ0) is 12.7. The minimum absolute atomic E-state index is 0.152. The fourth-order valence-corrected chi connectivity index (χ4v) is 2.12. The lowest BCUT2D eigenvalue weighted by Gasteiger charge is -2.18. The Morgan fingerprint density at radius 3 is 2.65 bits per heavy atom. The number of thioether (sulfide) groups is 1. The van der Waals surface area contributed by atoms with Gasteiger partial charge in [0.2, 0.25) is 5.91 Å². The average Bonchev–Trinajstić information content (AvgIpc) is 2.36. The van der Waals surface area contributed by atoms with Gasteiger partial charge in [-0.25, -0.2) is 0 Å². The number of benzene rings is 1. The Hall–Kier alpha value is -1.00. The average molecular weight is 252 g/mol. The minimum Gasteiger partial charge on any atom is -0.341 e. The van der Waals surface area contributed by atoms with Crippen molar-refractivity contribution in [3.63, 3.8) is 0 Å². The summed E-state index contributed by atoms with van der Waals surface area (Å²) in [5, 5.41) is 0.337. The molecule has 2 N–H and O–H groups in total. The van der Waals surface area contributed by atoms with Crippen LogP contribution in [0.5, 0.6) is 0 Å². The van der Waals surface area contributed by atoms with Crippen molar-refractivity contribution in [3.05, 3.63) is 35.9 Å². The van der Waals surface area contributed by atoms with Crippen LogP contribution in [0.1, 0.15) is 12.5 Å². The SMILES string of the molecule is CC(CN)SCC(=O)N(C)Cc1ccccc1. The maximum absolute atomic E-state index is 11.8. The summed E-state index contributed by atoms with van der Waals surface area (Å²) in [6.07, 6.45) is 0. The maximum atomic E-state index is 11.8. The molecular formula is C13H20N2OS. The van der Waals surface area contributed by atoms with Gasteiger partial charge in [-0.2, -0.15) is 0 Å². The van der Waals surface area contributed by atoms with E-state index in [9.17, 15) is 4.79 Å². The Morgan fingerprint density at radius 1 is 1.41 bits per heavy atom. The van der Waals surface area contributed by atoms with Crippen molar-refractivity contribution in [1.82, 2.24) is 4.90 Å². The third-order valence-electron chi connectivity index (χ3n) is 2.51. The first-order valence-electron chi connectivity index (χ1n) is 5.73. The highest BCUT2D eigenvalue weighted by atomic mass is 32.2. The smallest absolute Gasteiger partial charge is 0.232 e. The van der Waals surface area contributed by atoms with Gasteiger partial charge in [0.15, 0.2) is 0 Å². The predicted octanol–water partition coefficient (Wildman–Crippen LogP) is 1.73. The third-order valence-corrected chi connectivity index (χ3v) is 3.69. The minimum atomic E-state index is 0.152. The van der Waals surface area contributed by atoms with Gasteiger partial charge in [-0.3, -0.25) is 4.79 Å². The highest BCUT2D eigenvalue weighted by Crippen LogP contribution is 2.10. The van der Waals surface area contributed by atoms with E-state index in [1.54, 1.807) is 16.7 Å². The van der Waals surface area contributed by atoms with Crippen molar-refractivity contribution >= 4 is 17.7 Å². The predicted molar refractivity (Wildman–Crippen MR) is 73.9 cm³/mol. The third kappa shape index (κ3) is 5.24. The van der Waals surface area contributed by atoms with Crippen molar-refractivity contribution < 1.29 is 4.79 Å². The van der Waals surface area contributed by atoms with Crippen LogP contribution in [0.2, 0.25) is 0 Å². The van der Waals surface area contributed by atoms with Gasteiger partial charge in [-0.1, -0.05) is 37.3 Å². The lowest BCUT2D eigenvalue weighted by Crippen LogP contribution is -2.29. The molecule has 1 rings (SSSR count). The summed E-state index contributed by atoms with van der Waals surface area (Å²) in [5.41, 5.74) is 6.67. The van der Waals surface area contributed by atoms with Crippen LogP contribution in [0.25, 0.3) is 0 Å². The molecule has 0 heterocycles. The molecule has 0 saturated heterocycles. The van der Waals surface area contributed by atoms with E-state index in [0.717, 1.165) is 5.56 Å². The Balaban J connectivity index is 2.37. The van der Waals surface area contributed by atoms with Crippen molar-refractivity contribution in [2.45, 2.75) is 18.7 Å². The molecule has 94 valence electrons. The molecule has 0 aromatic heterocycles. The molecule has 1 atom stereocenters. The summed E-state index contributed by atoms with van der Waals surface area (Å²) in [4.78, 5) is 13.6. The van der Waals surface area contributed by atoms with Crippen LogP contribution < -0.4 is 5.73 Å². The standard InChI is InChI=1S/C13H20N2OS/c1-11(8-14)17-10-13(16)15(2)9-12-6-4-3-5-7-12/h3-7,11H,8-10,14H2,1-2H3. The van der Waals surface area contributed by atoms with E-state index >= 15 is 0 Å². The quantitative estimate of drug-likeness (QED) is 0.838. The Bertz CT molecular complexity index is 343. The van der Waals surface area contributed by atoms with Crippen molar-refractivity contribution in [1.29, 1.82) is 0 Å². The van der Waals surface area contributed by atoms with Gasteiger partial charge in [0.1, 0.15) is 0 Å². The second-order valence-electron chi connectivity index (χ2n) is 4.09. The molecule has 1 unspecified atom stereocenters. The van der Waals surface area contributed by atoms with Crippen LogP contribution in [0.3, 0.4) is 0 Å². The van der Waals surface area contributed by atoms with E-state index in [0.29, 0.717) is 24.1 Å². The summed E-state index contributed by atoms with van der Waals surface area (Å²) in [7, 11) is 1.84. The number of hydrogen-bond donors (Lipinski definition) is 1. The molecule has 0 aliphatic rings. The number of carbonyl (C=O) groups excluding carboxylic acids is 1. The molecule has 0 bridgehead atoms. The highest BCUT2D eigenvalue weighted by Gasteiger charge is 2.10. The summed E-state index contributed by atoms with van der Waals surface area (Å²) in [5.74, 6) is 0.654. The summed E-state index contributed by atoms with van der Waals surface area (Å²) >= 11 is 1.61. The molecule has 4 heteroatoms. The lowest BCUT2D eigenvalue weighted by molar-refractivity contribution is -0.127. The normalized spacial score (nSPS) is 12.2. The van der Waals surface area contributed by atoms with Gasteiger partial charge in [0.05, 0.1) is 5.75 Å². The molecule has 0 saturated carbocycles. The molecule has 0 fully saturated rings. The first-order chi connectivity index (χ1) is 8.13. The molecule has 1 amide bonds. The number of nitrogens with zero attached hydrogens (tertiary/aromatic N) is 1. The van der Waals surface area contributed by atoms with E-state index < -0.39 is 0 Å². The molecule has 0 aliphatic carbocycles. The molecule has 0 spiro atoms. The molecule has 0 aliphatic heterocycles. The number of nitrogens with two attached hydrogens (primary N) is 1. The van der Waals surface area contributed by atoms with Crippen LogP contribution in [-0.2, 0) is 11.3 Å². The van der Waals surface area contributed by atoms with Gasteiger partial charge in [-0.15, -0.1) is 11.8 Å². The summed E-state index contributed by atoms with van der Waals surface area (Å²) < 4.78 is 0. The van der Waals surface area contributed by atoms with Crippen molar-refractivity contribution in [3.8, 4) is 0 Å². The summed E-state index contributed by atoms with van der Waals surface area (Å²) in [6.45, 7) is 3.31. The van der Waals surface area contributed by atoms with Crippen LogP contribution in [0, 0.1) is 0 Å². The van der Waals surface area contributed by atoms with E-state index in [1.807, 2.05) is 44.3 Å². The maximum Gasteiger partial charge on any atom is 0.232 e. The zero-order valence-electron chi connectivity index (χ0n) is 10.4. The van der Waals surface area contributed by atoms with E-state index in [2.05, 4.69) is 0 Å². The van der Waals surface area contributed by atoms with Crippen LogP contribution in [0.4, 0.5) is 0 Å². The van der Waals surface area contributed by atoms with Gasteiger partial charge >= 0.3 is 0 Å². The van der Waals surface area contributed by atoms with Gasteiger partial charge < -0.3 is 10.6 Å². The molecule has 17 heavy (non-hydrogen) atoms. The molecule has 3 nitrogen and oxygen atoms in total. The van der Waals surface area contributed by atoms with E-state index in [4.69, 9.17) is 5.73 Å². The topological polar surface area (TPSA) is 46.3 Å². The first-order valence-corrected chi connectivity index (χ1v) is 6.78. The van der Waals surface area contributed by atoms with Gasteiger partial charge in [0.25, 0.3) is 0 Å². The zero-order valence-corrected chi connectivity index (χ0v) is 11.2. The second kappa shape index (κ2) is 7.35. The molecule has 1 aromatic rings. The first kappa shape index (κ1) is 14.1. The van der Waals surface area contributed by atoms with Crippen LogP contribution >= 0.6 is 11.8 Å². The monoisotopic (exact) mass is 252 g/mol. The number of hydrogen-bond acceptors (Lipinski definition) is 3. The van der Waals surface area contributed by atoms with Crippen LogP contribution in [-0.4, -0.2) is 35.4 Å². The number of amides is 1. The number of carbonyl (C=O) groups is 1. The van der Waals surface area contributed by atoms with Gasteiger partial charge in [-0.05, 0) is 5.56 Å². The van der Waals surface area contributed by atoms with Crippen molar-refractivity contribution in [2.24, 2.45) is 5.73 Å². The number of rotatable bonds is 6. The highest BCUT2D eigenvalue weighted by molar-refractivity contribution is 8.00. The van der Waals surface area contributed by atoms with Crippen LogP contribution in [0.15, 0.2) is 30.3 Å². The largest absolute Gasteiger partial charge is 0.341 e. The fourth-order valence-electron chi connectivity index (χ4n) is 1.34. The summed E-state index contributed by atoms with van der Waals surface area (Å²) in [6, 6.07) is 10.0. The second-order valence-corrected chi connectivity index (χ2v) is 5.52.